The molecule has 2 rings (SSSR count). The van der Waals surface area contributed by atoms with Crippen molar-refractivity contribution in [3.63, 3.8) is 0 Å². The molecule has 0 bridgehead atoms. The number of nitrogens with zero attached hydrogens (tertiary/aromatic N) is 2. The highest BCUT2D eigenvalue weighted by atomic mass is 79.9. The molecule has 0 aliphatic carbocycles. The maximum absolute atomic E-state index is 11.9. The topological polar surface area (TPSA) is 46.9 Å². The number of rotatable bonds is 5. The monoisotopic (exact) mass is 337 g/mol. The summed E-state index contributed by atoms with van der Waals surface area (Å²) >= 11 is 4.95. The fourth-order valence-electron chi connectivity index (χ4n) is 1.56. The molecule has 0 amide bonds. The summed E-state index contributed by atoms with van der Waals surface area (Å²) in [5, 5.41) is 11.4. The Morgan fingerprint density at radius 3 is 3.11 bits per heavy atom. The van der Waals surface area contributed by atoms with Crippen molar-refractivity contribution < 1.29 is 0 Å². The first-order valence-corrected chi connectivity index (χ1v) is 7.40. The predicted octanol–water partition coefficient (Wildman–Crippen LogP) is 2.36. The van der Waals surface area contributed by atoms with Gasteiger partial charge in [-0.2, -0.15) is 16.4 Å². The molecule has 0 unspecified atom stereocenters. The predicted molar refractivity (Wildman–Crippen MR) is 81.5 cm³/mol. The van der Waals surface area contributed by atoms with Gasteiger partial charge in [-0.05, 0) is 44.7 Å². The molecule has 2 heterocycles. The van der Waals surface area contributed by atoms with E-state index < -0.39 is 0 Å². The van der Waals surface area contributed by atoms with E-state index in [0.29, 0.717) is 10.2 Å². The molecule has 6 heteroatoms. The number of thiophene rings is 1. The molecule has 0 aromatic carbocycles. The molecule has 0 saturated heterocycles. The van der Waals surface area contributed by atoms with Gasteiger partial charge in [-0.15, -0.1) is 6.42 Å². The molecule has 0 aliphatic rings. The quantitative estimate of drug-likeness (QED) is 0.852. The second kappa shape index (κ2) is 6.55. The molecule has 2 aromatic heterocycles. The van der Waals surface area contributed by atoms with E-state index in [1.807, 2.05) is 5.38 Å². The highest BCUT2D eigenvalue weighted by Crippen LogP contribution is 2.16. The molecule has 0 spiro atoms. The van der Waals surface area contributed by atoms with E-state index in [1.54, 1.807) is 17.5 Å². The number of halogens is 1. The van der Waals surface area contributed by atoms with Gasteiger partial charge in [-0.25, -0.2) is 4.68 Å². The summed E-state index contributed by atoms with van der Waals surface area (Å²) in [4.78, 5) is 11.9. The van der Waals surface area contributed by atoms with Crippen LogP contribution in [0.1, 0.15) is 5.56 Å². The zero-order valence-electron chi connectivity index (χ0n) is 10.1. The summed E-state index contributed by atoms with van der Waals surface area (Å²) in [6.07, 6.45) is 7.69. The van der Waals surface area contributed by atoms with E-state index in [9.17, 15) is 4.79 Å². The summed E-state index contributed by atoms with van der Waals surface area (Å²) in [6.45, 7) is 0.919. The van der Waals surface area contributed by atoms with Gasteiger partial charge >= 0.3 is 0 Å². The van der Waals surface area contributed by atoms with Crippen LogP contribution in [-0.2, 0) is 13.0 Å². The van der Waals surface area contributed by atoms with Crippen molar-refractivity contribution in [2.24, 2.45) is 0 Å². The maximum atomic E-state index is 11.9. The number of nitrogens with one attached hydrogen (secondary N) is 1. The smallest absolute Gasteiger partial charge is 0.284 e. The lowest BCUT2D eigenvalue weighted by Gasteiger charge is -2.08. The first-order valence-electron chi connectivity index (χ1n) is 5.66. The molecular weight excluding hydrogens is 326 g/mol. The van der Waals surface area contributed by atoms with Gasteiger partial charge in [0.05, 0.1) is 11.9 Å². The average Bonchev–Trinajstić information content (AvgIpc) is 2.91. The van der Waals surface area contributed by atoms with Crippen LogP contribution in [0.3, 0.4) is 0 Å². The van der Waals surface area contributed by atoms with Crippen LogP contribution in [-0.4, -0.2) is 16.3 Å². The minimum absolute atomic E-state index is 0.173. The second-order valence-electron chi connectivity index (χ2n) is 3.85. The Morgan fingerprint density at radius 1 is 1.58 bits per heavy atom. The highest BCUT2D eigenvalue weighted by Gasteiger charge is 2.07. The molecule has 4 nitrogen and oxygen atoms in total. The van der Waals surface area contributed by atoms with Crippen LogP contribution in [0.4, 0.5) is 5.69 Å². The minimum atomic E-state index is -0.224. The van der Waals surface area contributed by atoms with Crippen molar-refractivity contribution in [1.82, 2.24) is 9.78 Å². The van der Waals surface area contributed by atoms with Gasteiger partial charge < -0.3 is 5.32 Å². The van der Waals surface area contributed by atoms with Gasteiger partial charge in [-0.3, -0.25) is 4.79 Å². The van der Waals surface area contributed by atoms with Crippen LogP contribution < -0.4 is 10.9 Å². The van der Waals surface area contributed by atoms with E-state index in [1.165, 1.54) is 10.2 Å². The van der Waals surface area contributed by atoms with E-state index >= 15 is 0 Å². The second-order valence-corrected chi connectivity index (χ2v) is 5.42. The summed E-state index contributed by atoms with van der Waals surface area (Å²) in [5.74, 6) is 2.39. The molecule has 98 valence electrons. The Balaban J connectivity index is 2.03. The summed E-state index contributed by atoms with van der Waals surface area (Å²) in [6, 6.07) is 2.09. The van der Waals surface area contributed by atoms with Crippen molar-refractivity contribution in [2.45, 2.75) is 13.0 Å². The van der Waals surface area contributed by atoms with Gasteiger partial charge in [-0.1, -0.05) is 5.92 Å². The minimum Gasteiger partial charge on any atom is -0.382 e. The molecule has 0 aliphatic heterocycles. The Kier molecular flexibility index (Phi) is 4.77. The Morgan fingerprint density at radius 2 is 2.42 bits per heavy atom. The zero-order chi connectivity index (χ0) is 13.7. The van der Waals surface area contributed by atoms with Crippen LogP contribution in [0.15, 0.2) is 32.3 Å². The third kappa shape index (κ3) is 3.46. The van der Waals surface area contributed by atoms with Crippen molar-refractivity contribution in [3.05, 3.63) is 43.4 Å². The van der Waals surface area contributed by atoms with Crippen LogP contribution in [0.5, 0.6) is 0 Å². The number of anilines is 1. The first kappa shape index (κ1) is 13.8. The fraction of sp³-hybridized carbons (Fsp3) is 0.231. The molecule has 0 saturated carbocycles. The molecular formula is C13H12BrN3OS. The van der Waals surface area contributed by atoms with Gasteiger partial charge in [0.2, 0.25) is 0 Å². The van der Waals surface area contributed by atoms with Crippen LogP contribution in [0.25, 0.3) is 0 Å². The summed E-state index contributed by atoms with van der Waals surface area (Å²) in [7, 11) is 0. The summed E-state index contributed by atoms with van der Waals surface area (Å²) in [5.41, 5.74) is 1.74. The maximum Gasteiger partial charge on any atom is 0.284 e. The molecule has 19 heavy (non-hydrogen) atoms. The lowest BCUT2D eigenvalue weighted by molar-refractivity contribution is 0.659. The molecule has 2 aromatic rings. The van der Waals surface area contributed by atoms with Crippen LogP contribution in [0.2, 0.25) is 0 Å². The SMILES string of the molecule is C#CCn1ncc(NCCc2ccsc2)c(Br)c1=O. The van der Waals surface area contributed by atoms with Gasteiger partial charge in [0.1, 0.15) is 11.0 Å². The Bertz CT molecular complexity index is 643. The number of hydrogen-bond acceptors (Lipinski definition) is 4. The third-order valence-corrected chi connectivity index (χ3v) is 4.03. The third-order valence-electron chi connectivity index (χ3n) is 2.54. The van der Waals surface area contributed by atoms with E-state index in [-0.39, 0.29) is 12.1 Å². The largest absolute Gasteiger partial charge is 0.382 e. The van der Waals surface area contributed by atoms with E-state index in [4.69, 9.17) is 6.42 Å². The number of hydrogen-bond donors (Lipinski definition) is 1. The average molecular weight is 338 g/mol. The molecule has 0 fully saturated rings. The summed E-state index contributed by atoms with van der Waals surface area (Å²) < 4.78 is 1.71. The van der Waals surface area contributed by atoms with Crippen LogP contribution >= 0.6 is 27.3 Å². The van der Waals surface area contributed by atoms with Crippen molar-refractivity contribution in [3.8, 4) is 12.3 Å². The van der Waals surface area contributed by atoms with Gasteiger partial charge in [0.25, 0.3) is 5.56 Å². The molecule has 1 N–H and O–H groups in total. The lowest BCUT2D eigenvalue weighted by Crippen LogP contribution is -2.24. The normalized spacial score (nSPS) is 10.1. The van der Waals surface area contributed by atoms with Crippen molar-refractivity contribution in [1.29, 1.82) is 0 Å². The number of aromatic nitrogens is 2. The molecule has 0 radical (unpaired) electrons. The standard InChI is InChI=1S/C13H12BrN3OS/c1-2-6-17-13(18)12(14)11(8-16-17)15-5-3-10-4-7-19-9-10/h1,4,7-9,15H,3,5-6H2. The zero-order valence-corrected chi connectivity index (χ0v) is 12.5. The van der Waals surface area contributed by atoms with Crippen LogP contribution in [0, 0.1) is 12.3 Å². The van der Waals surface area contributed by atoms with E-state index in [0.717, 1.165) is 13.0 Å². The fourth-order valence-corrected chi connectivity index (χ4v) is 2.71. The van der Waals surface area contributed by atoms with Crippen molar-refractivity contribution >= 4 is 33.0 Å². The van der Waals surface area contributed by atoms with Gasteiger partial charge in [0, 0.05) is 6.54 Å². The van der Waals surface area contributed by atoms with E-state index in [2.05, 4.69) is 43.7 Å². The lowest BCUT2D eigenvalue weighted by atomic mass is 10.2. The first-order chi connectivity index (χ1) is 9.22. The molecule has 0 atom stereocenters. The number of terminal acetylenes is 1. The van der Waals surface area contributed by atoms with Crippen molar-refractivity contribution in [2.75, 3.05) is 11.9 Å². The van der Waals surface area contributed by atoms with Gasteiger partial charge in [0.15, 0.2) is 0 Å². The highest BCUT2D eigenvalue weighted by molar-refractivity contribution is 9.10. The Hall–Kier alpha value is -1.58. The Labute approximate surface area is 123 Å².